The van der Waals surface area contributed by atoms with E-state index >= 15 is 0 Å². The molecule has 1 saturated carbocycles. The monoisotopic (exact) mass is 329 g/mol. The fourth-order valence-corrected chi connectivity index (χ4v) is 2.95. The second-order valence-corrected chi connectivity index (χ2v) is 6.78. The summed E-state index contributed by atoms with van der Waals surface area (Å²) in [6.45, 7) is 6.17. The third kappa shape index (κ3) is 5.80. The van der Waals surface area contributed by atoms with E-state index in [9.17, 15) is 9.59 Å². The zero-order valence-corrected chi connectivity index (χ0v) is 14.8. The van der Waals surface area contributed by atoms with E-state index in [0.29, 0.717) is 5.92 Å². The Bertz CT molecular complexity index is 637. The number of hydrogen-bond donors (Lipinski definition) is 2. The van der Waals surface area contributed by atoms with Crippen LogP contribution in [0.25, 0.3) is 0 Å². The number of hydrazone groups is 1. The number of aryl methyl sites for hydroxylation is 2. The lowest BCUT2D eigenvalue weighted by molar-refractivity contribution is -0.124. The first-order chi connectivity index (χ1) is 11.4. The van der Waals surface area contributed by atoms with Crippen molar-refractivity contribution >= 4 is 23.2 Å². The minimum Gasteiger partial charge on any atom is -0.326 e. The van der Waals surface area contributed by atoms with Gasteiger partial charge in [-0.15, -0.1) is 0 Å². The fraction of sp³-hybridized carbons (Fsp3) is 0.526. The highest BCUT2D eigenvalue weighted by Crippen LogP contribution is 2.21. The van der Waals surface area contributed by atoms with Crippen LogP contribution in [0.15, 0.2) is 23.3 Å². The number of amides is 2. The van der Waals surface area contributed by atoms with Gasteiger partial charge in [-0.25, -0.2) is 5.43 Å². The van der Waals surface area contributed by atoms with E-state index in [-0.39, 0.29) is 24.7 Å². The zero-order valence-electron chi connectivity index (χ0n) is 14.8. The van der Waals surface area contributed by atoms with E-state index in [1.807, 2.05) is 32.0 Å². The Hall–Kier alpha value is -2.17. The molecule has 0 saturated heterocycles. The number of carbonyl (C=O) groups excluding carboxylic acids is 2. The van der Waals surface area contributed by atoms with Gasteiger partial charge >= 0.3 is 0 Å². The van der Waals surface area contributed by atoms with Gasteiger partial charge in [-0.3, -0.25) is 9.59 Å². The lowest BCUT2D eigenvalue weighted by Crippen LogP contribution is -2.23. The summed E-state index contributed by atoms with van der Waals surface area (Å²) in [4.78, 5) is 23.8. The molecule has 0 aliphatic heterocycles. The minimum atomic E-state index is -0.212. The van der Waals surface area contributed by atoms with Gasteiger partial charge in [-0.2, -0.15) is 5.10 Å². The summed E-state index contributed by atoms with van der Waals surface area (Å²) in [7, 11) is 0. The van der Waals surface area contributed by atoms with E-state index < -0.39 is 0 Å². The predicted molar refractivity (Wildman–Crippen MR) is 97.0 cm³/mol. The number of anilines is 1. The topological polar surface area (TPSA) is 70.6 Å². The van der Waals surface area contributed by atoms with Crippen molar-refractivity contribution in [1.82, 2.24) is 5.43 Å². The van der Waals surface area contributed by atoms with Crippen LogP contribution in [0.4, 0.5) is 5.69 Å². The largest absolute Gasteiger partial charge is 0.326 e. The lowest BCUT2D eigenvalue weighted by Gasteiger charge is -2.18. The number of hydrogen-bond acceptors (Lipinski definition) is 3. The van der Waals surface area contributed by atoms with Crippen LogP contribution in [0.5, 0.6) is 0 Å². The molecule has 1 aliphatic rings. The first-order valence-electron chi connectivity index (χ1n) is 8.65. The number of benzene rings is 1. The van der Waals surface area contributed by atoms with E-state index in [1.54, 1.807) is 0 Å². The third-order valence-corrected chi connectivity index (χ3v) is 4.32. The summed E-state index contributed by atoms with van der Waals surface area (Å²) >= 11 is 0. The molecular formula is C19H27N3O2. The van der Waals surface area contributed by atoms with Crippen molar-refractivity contribution < 1.29 is 9.59 Å². The van der Waals surface area contributed by atoms with Crippen molar-refractivity contribution in [2.75, 3.05) is 5.32 Å². The lowest BCUT2D eigenvalue weighted by atomic mass is 9.89. The molecule has 1 atom stereocenters. The Morgan fingerprint density at radius 3 is 2.67 bits per heavy atom. The fourth-order valence-electron chi connectivity index (χ4n) is 2.95. The third-order valence-electron chi connectivity index (χ3n) is 4.32. The van der Waals surface area contributed by atoms with Crippen LogP contribution >= 0.6 is 0 Å². The number of carbonyl (C=O) groups is 2. The smallest absolute Gasteiger partial charge is 0.240 e. The van der Waals surface area contributed by atoms with Gasteiger partial charge in [0.15, 0.2) is 0 Å². The van der Waals surface area contributed by atoms with Crippen LogP contribution in [0.3, 0.4) is 0 Å². The number of nitrogens with zero attached hydrogens (tertiary/aromatic N) is 1. The molecule has 2 rings (SSSR count). The van der Waals surface area contributed by atoms with Gasteiger partial charge in [0.1, 0.15) is 0 Å². The minimum absolute atomic E-state index is 0.142. The Morgan fingerprint density at radius 1 is 1.21 bits per heavy atom. The summed E-state index contributed by atoms with van der Waals surface area (Å²) in [6.07, 6.45) is 4.56. The van der Waals surface area contributed by atoms with E-state index in [4.69, 9.17) is 0 Å². The van der Waals surface area contributed by atoms with Gasteiger partial charge in [0.05, 0.1) is 0 Å². The molecule has 1 aromatic carbocycles. The molecule has 0 heterocycles. The highest BCUT2D eigenvalue weighted by atomic mass is 16.2. The van der Waals surface area contributed by atoms with Crippen LogP contribution in [0.2, 0.25) is 0 Å². The summed E-state index contributed by atoms with van der Waals surface area (Å²) in [5.41, 5.74) is 6.60. The molecule has 130 valence electrons. The SMILES string of the molecule is Cc1ccc(NC(=O)CCC(=O)NN=C2CCC[C@H](C)C2)c(C)c1. The highest BCUT2D eigenvalue weighted by molar-refractivity contribution is 5.94. The molecule has 2 amide bonds. The summed E-state index contributed by atoms with van der Waals surface area (Å²) in [5, 5.41) is 7.05. The molecule has 0 unspecified atom stereocenters. The molecule has 1 aromatic rings. The van der Waals surface area contributed by atoms with Gasteiger partial charge in [0.2, 0.25) is 11.8 Å². The maximum absolute atomic E-state index is 12.0. The molecule has 5 heteroatoms. The molecule has 0 bridgehead atoms. The molecule has 2 N–H and O–H groups in total. The van der Waals surface area contributed by atoms with E-state index in [2.05, 4.69) is 22.8 Å². The second kappa shape index (κ2) is 8.62. The molecule has 0 spiro atoms. The quantitative estimate of drug-likeness (QED) is 0.809. The van der Waals surface area contributed by atoms with Crippen molar-refractivity contribution in [3.05, 3.63) is 29.3 Å². The summed E-state index contributed by atoms with van der Waals surface area (Å²) in [5.74, 6) is 0.269. The van der Waals surface area contributed by atoms with Gasteiger partial charge in [-0.1, -0.05) is 24.6 Å². The average molecular weight is 329 g/mol. The maximum Gasteiger partial charge on any atom is 0.240 e. The van der Waals surface area contributed by atoms with Crippen molar-refractivity contribution in [1.29, 1.82) is 0 Å². The molecule has 1 aliphatic carbocycles. The molecule has 0 radical (unpaired) electrons. The first-order valence-corrected chi connectivity index (χ1v) is 8.65. The van der Waals surface area contributed by atoms with E-state index in [1.165, 1.54) is 6.42 Å². The number of nitrogens with one attached hydrogen (secondary N) is 2. The second-order valence-electron chi connectivity index (χ2n) is 6.78. The van der Waals surface area contributed by atoms with Gasteiger partial charge in [0.25, 0.3) is 0 Å². The molecule has 5 nitrogen and oxygen atoms in total. The van der Waals surface area contributed by atoms with Crippen LogP contribution < -0.4 is 10.7 Å². The Kier molecular flexibility index (Phi) is 6.53. The Balaban J connectivity index is 1.75. The van der Waals surface area contributed by atoms with Crippen molar-refractivity contribution in [2.45, 2.75) is 59.3 Å². The van der Waals surface area contributed by atoms with Gasteiger partial charge in [-0.05, 0) is 57.1 Å². The number of rotatable bonds is 5. The summed E-state index contributed by atoms with van der Waals surface area (Å²) < 4.78 is 0. The van der Waals surface area contributed by atoms with Crippen LogP contribution in [0, 0.1) is 19.8 Å². The Labute approximate surface area is 143 Å². The van der Waals surface area contributed by atoms with Crippen LogP contribution in [0.1, 0.15) is 56.6 Å². The standard InChI is InChI=1S/C19H27N3O2/c1-13-5-4-6-16(12-13)21-22-19(24)10-9-18(23)20-17-8-7-14(2)11-15(17)3/h7-8,11,13H,4-6,9-10,12H2,1-3H3,(H,20,23)(H,22,24)/t13-/m0/s1. The first kappa shape index (κ1) is 18.2. The van der Waals surface area contributed by atoms with Crippen molar-refractivity contribution in [3.8, 4) is 0 Å². The maximum atomic E-state index is 12.0. The van der Waals surface area contributed by atoms with E-state index in [0.717, 1.165) is 41.8 Å². The molecular weight excluding hydrogens is 302 g/mol. The van der Waals surface area contributed by atoms with Crippen LogP contribution in [-0.4, -0.2) is 17.5 Å². The summed E-state index contributed by atoms with van der Waals surface area (Å²) in [6, 6.07) is 5.86. The molecule has 24 heavy (non-hydrogen) atoms. The molecule has 1 fully saturated rings. The van der Waals surface area contributed by atoms with Crippen LogP contribution in [-0.2, 0) is 9.59 Å². The van der Waals surface area contributed by atoms with Crippen molar-refractivity contribution in [3.63, 3.8) is 0 Å². The molecule has 0 aromatic heterocycles. The highest BCUT2D eigenvalue weighted by Gasteiger charge is 2.14. The van der Waals surface area contributed by atoms with Crippen molar-refractivity contribution in [2.24, 2.45) is 11.0 Å². The normalized spacial score (nSPS) is 19.1. The van der Waals surface area contributed by atoms with Gasteiger partial charge in [0, 0.05) is 24.2 Å². The Morgan fingerprint density at radius 2 is 1.96 bits per heavy atom. The average Bonchev–Trinajstić information content (AvgIpc) is 2.54. The van der Waals surface area contributed by atoms with Gasteiger partial charge < -0.3 is 5.32 Å². The predicted octanol–water partition coefficient (Wildman–Crippen LogP) is 3.70. The zero-order chi connectivity index (χ0) is 17.5.